The lowest BCUT2D eigenvalue weighted by molar-refractivity contribution is -0.177. The zero-order chi connectivity index (χ0) is 15.3. The van der Waals surface area contributed by atoms with Crippen molar-refractivity contribution in [3.8, 4) is 0 Å². The van der Waals surface area contributed by atoms with Crippen molar-refractivity contribution in [2.45, 2.75) is 77.3 Å². The van der Waals surface area contributed by atoms with Gasteiger partial charge in [0, 0.05) is 18.5 Å². The zero-order valence-electron chi connectivity index (χ0n) is 12.7. The smallest absolute Gasteiger partial charge is 0.346 e. The lowest BCUT2D eigenvalue weighted by atomic mass is 9.89. The van der Waals surface area contributed by atoms with Crippen molar-refractivity contribution in [3.05, 3.63) is 17.2 Å². The molecule has 2 nitrogen and oxygen atoms in total. The lowest BCUT2D eigenvalue weighted by Crippen LogP contribution is -2.28. The molecule has 1 unspecified atom stereocenters. The molecule has 0 aromatic carbocycles. The Morgan fingerprint density at radius 1 is 1.14 bits per heavy atom. The Morgan fingerprint density at radius 3 is 2.57 bits per heavy atom. The van der Waals surface area contributed by atoms with E-state index in [1.807, 2.05) is 0 Å². The maximum atomic E-state index is 12.8. The average molecular weight is 302 g/mol. The summed E-state index contributed by atoms with van der Waals surface area (Å²) < 4.78 is 38.3. The highest BCUT2D eigenvalue weighted by atomic mass is 19.4. The Balaban J connectivity index is 1.79. The van der Waals surface area contributed by atoms with Crippen LogP contribution < -0.4 is 0 Å². The van der Waals surface area contributed by atoms with Crippen LogP contribution in [-0.4, -0.2) is 16.1 Å². The van der Waals surface area contributed by atoms with Gasteiger partial charge < -0.3 is 4.98 Å². The summed E-state index contributed by atoms with van der Waals surface area (Å²) in [5, 5.41) is 0. The van der Waals surface area contributed by atoms with E-state index in [1.165, 1.54) is 32.1 Å². The van der Waals surface area contributed by atoms with E-state index < -0.39 is 12.1 Å². The van der Waals surface area contributed by atoms with Crippen LogP contribution in [0.5, 0.6) is 0 Å². The Bertz CT molecular complexity index is 437. The Hall–Kier alpha value is -1.00. The van der Waals surface area contributed by atoms with Crippen LogP contribution in [0.3, 0.4) is 0 Å². The summed E-state index contributed by atoms with van der Waals surface area (Å²) in [5.74, 6) is -0.328. The summed E-state index contributed by atoms with van der Waals surface area (Å²) in [6.45, 7) is 2.20. The third kappa shape index (κ3) is 4.75. The monoisotopic (exact) mass is 302 g/mol. The van der Waals surface area contributed by atoms with Gasteiger partial charge in [-0.15, -0.1) is 0 Å². The summed E-state index contributed by atoms with van der Waals surface area (Å²) >= 11 is 0. The molecule has 1 aliphatic carbocycles. The molecule has 0 saturated heterocycles. The normalized spacial score (nSPS) is 18.8. The number of unbranched alkanes of at least 4 members (excludes halogenated alkanes) is 5. The van der Waals surface area contributed by atoms with Gasteiger partial charge in [0.05, 0.1) is 11.6 Å². The minimum Gasteiger partial charge on any atom is -0.346 e. The van der Waals surface area contributed by atoms with Crippen LogP contribution in [0.4, 0.5) is 13.2 Å². The van der Waals surface area contributed by atoms with Gasteiger partial charge in [-0.1, -0.05) is 39.0 Å². The topological polar surface area (TPSA) is 28.7 Å². The van der Waals surface area contributed by atoms with Crippen molar-refractivity contribution in [1.82, 2.24) is 9.97 Å². The molecule has 0 bridgehead atoms. The summed E-state index contributed by atoms with van der Waals surface area (Å²) in [6.07, 6.45) is 4.77. The fourth-order valence-corrected chi connectivity index (χ4v) is 3.01. The molecule has 1 N–H and O–H groups in total. The molecule has 1 atom stereocenters. The standard InChI is InChI=1S/C16H25F3N2/c1-2-3-4-5-6-7-8-15-20-13-10-9-12(16(17,18)19)11-14(13)21-15/h12H,2-11H2,1H3,(H,20,21). The predicted molar refractivity (Wildman–Crippen MR) is 77.2 cm³/mol. The fourth-order valence-electron chi connectivity index (χ4n) is 3.01. The number of hydrogen-bond donors (Lipinski definition) is 1. The molecule has 0 amide bonds. The second kappa shape index (κ2) is 7.32. The molecule has 0 saturated carbocycles. The molecule has 1 aromatic heterocycles. The van der Waals surface area contributed by atoms with Crippen molar-refractivity contribution in [2.24, 2.45) is 5.92 Å². The van der Waals surface area contributed by atoms with Crippen LogP contribution in [0.2, 0.25) is 0 Å². The predicted octanol–water partition coefficient (Wildman–Crippen LogP) is 4.98. The van der Waals surface area contributed by atoms with E-state index in [0.717, 1.165) is 24.4 Å². The molecule has 0 radical (unpaired) electrons. The van der Waals surface area contributed by atoms with Gasteiger partial charge in [0.15, 0.2) is 0 Å². The maximum Gasteiger partial charge on any atom is 0.392 e. The highest BCUT2D eigenvalue weighted by Gasteiger charge is 2.41. The summed E-state index contributed by atoms with van der Waals surface area (Å²) in [4.78, 5) is 7.61. The third-order valence-electron chi connectivity index (χ3n) is 4.32. The van der Waals surface area contributed by atoms with E-state index in [2.05, 4.69) is 16.9 Å². The molecule has 0 fully saturated rings. The highest BCUT2D eigenvalue weighted by Crippen LogP contribution is 2.36. The number of H-pyrrole nitrogens is 1. The van der Waals surface area contributed by atoms with E-state index in [9.17, 15) is 13.2 Å². The highest BCUT2D eigenvalue weighted by molar-refractivity contribution is 5.19. The van der Waals surface area contributed by atoms with Gasteiger partial charge in [0.25, 0.3) is 0 Å². The van der Waals surface area contributed by atoms with Crippen LogP contribution in [0.25, 0.3) is 0 Å². The van der Waals surface area contributed by atoms with Crippen LogP contribution in [0, 0.1) is 5.92 Å². The van der Waals surface area contributed by atoms with Gasteiger partial charge in [0.2, 0.25) is 0 Å². The summed E-state index contributed by atoms with van der Waals surface area (Å²) in [7, 11) is 0. The number of imidazole rings is 1. The van der Waals surface area contributed by atoms with Crippen LogP contribution in [-0.2, 0) is 19.3 Å². The molecular formula is C16H25F3N2. The van der Waals surface area contributed by atoms with Crippen LogP contribution >= 0.6 is 0 Å². The molecule has 1 heterocycles. The first-order valence-electron chi connectivity index (χ1n) is 8.14. The van der Waals surface area contributed by atoms with E-state index in [1.54, 1.807) is 0 Å². The van der Waals surface area contributed by atoms with Crippen molar-refractivity contribution in [1.29, 1.82) is 0 Å². The third-order valence-corrected chi connectivity index (χ3v) is 4.32. The van der Waals surface area contributed by atoms with Crippen molar-refractivity contribution >= 4 is 0 Å². The molecular weight excluding hydrogens is 277 g/mol. The zero-order valence-corrected chi connectivity index (χ0v) is 12.7. The van der Waals surface area contributed by atoms with Gasteiger partial charge in [-0.3, -0.25) is 0 Å². The van der Waals surface area contributed by atoms with E-state index in [-0.39, 0.29) is 12.8 Å². The number of aryl methyl sites for hydroxylation is 2. The first-order chi connectivity index (χ1) is 10.0. The van der Waals surface area contributed by atoms with E-state index in [0.29, 0.717) is 12.1 Å². The van der Waals surface area contributed by atoms with Crippen molar-refractivity contribution in [3.63, 3.8) is 0 Å². The second-order valence-corrected chi connectivity index (χ2v) is 6.11. The largest absolute Gasteiger partial charge is 0.392 e. The second-order valence-electron chi connectivity index (χ2n) is 6.11. The fraction of sp³-hybridized carbons (Fsp3) is 0.812. The number of aromatic amines is 1. The van der Waals surface area contributed by atoms with E-state index in [4.69, 9.17) is 0 Å². The number of alkyl halides is 3. The van der Waals surface area contributed by atoms with Gasteiger partial charge in [-0.25, -0.2) is 4.98 Å². The van der Waals surface area contributed by atoms with Crippen molar-refractivity contribution in [2.75, 3.05) is 0 Å². The summed E-state index contributed by atoms with van der Waals surface area (Å²) in [6, 6.07) is 0. The molecule has 21 heavy (non-hydrogen) atoms. The Morgan fingerprint density at radius 2 is 1.86 bits per heavy atom. The Kier molecular flexibility index (Phi) is 5.71. The van der Waals surface area contributed by atoms with Crippen LogP contribution in [0.1, 0.15) is 69.1 Å². The number of halogens is 3. The molecule has 1 aliphatic rings. The number of fused-ring (bicyclic) bond motifs is 1. The van der Waals surface area contributed by atoms with Gasteiger partial charge >= 0.3 is 6.18 Å². The minimum atomic E-state index is -4.08. The molecule has 120 valence electrons. The number of nitrogens with one attached hydrogen (secondary N) is 1. The van der Waals surface area contributed by atoms with Gasteiger partial charge in [-0.2, -0.15) is 13.2 Å². The van der Waals surface area contributed by atoms with E-state index >= 15 is 0 Å². The molecule has 2 rings (SSSR count). The first-order valence-corrected chi connectivity index (χ1v) is 8.14. The lowest BCUT2D eigenvalue weighted by Gasteiger charge is -2.23. The van der Waals surface area contributed by atoms with Crippen molar-refractivity contribution < 1.29 is 13.2 Å². The maximum absolute atomic E-state index is 12.8. The number of hydrogen-bond acceptors (Lipinski definition) is 1. The number of rotatable bonds is 7. The Labute approximate surface area is 124 Å². The quantitative estimate of drug-likeness (QED) is 0.707. The summed E-state index contributed by atoms with van der Waals surface area (Å²) in [5.41, 5.74) is 1.57. The molecule has 0 spiro atoms. The first kappa shape index (κ1) is 16.4. The molecule has 5 heteroatoms. The number of nitrogens with zero attached hydrogens (tertiary/aromatic N) is 1. The minimum absolute atomic E-state index is 0.0718. The molecule has 1 aromatic rings. The average Bonchev–Trinajstić information content (AvgIpc) is 2.83. The molecule has 0 aliphatic heterocycles. The SMILES string of the molecule is CCCCCCCCc1nc2c([nH]1)CC(C(F)(F)F)CC2. The van der Waals surface area contributed by atoms with Crippen LogP contribution in [0.15, 0.2) is 0 Å². The van der Waals surface area contributed by atoms with Gasteiger partial charge in [-0.05, 0) is 19.3 Å². The number of aromatic nitrogens is 2. The van der Waals surface area contributed by atoms with Gasteiger partial charge in [0.1, 0.15) is 5.82 Å².